The number of hydrogen-bond acceptors (Lipinski definition) is 4. The highest BCUT2D eigenvalue weighted by atomic mass is 32.2. The van der Waals surface area contributed by atoms with Crippen LogP contribution >= 0.6 is 0 Å². The fourth-order valence-electron chi connectivity index (χ4n) is 3.78. The SMILES string of the molecule is O=S(=O)(c1ccc(F)cc1)n1nc(-c2ccc(F)cc2)c2c(-c3ccc(F)cc3)cc(C(F)(F)F)nc21. The number of pyridine rings is 1. The van der Waals surface area contributed by atoms with Crippen molar-refractivity contribution in [2.45, 2.75) is 11.1 Å². The van der Waals surface area contributed by atoms with Gasteiger partial charge in [-0.3, -0.25) is 0 Å². The Hall–Kier alpha value is -4.19. The van der Waals surface area contributed by atoms with E-state index in [4.69, 9.17) is 0 Å². The Morgan fingerprint density at radius 1 is 0.703 bits per heavy atom. The minimum absolute atomic E-state index is 0.100. The Balaban J connectivity index is 1.92. The van der Waals surface area contributed by atoms with E-state index < -0.39 is 49.9 Å². The average Bonchev–Trinajstić information content (AvgIpc) is 3.25. The molecular weight excluding hydrogens is 520 g/mol. The highest BCUT2D eigenvalue weighted by Gasteiger charge is 2.36. The van der Waals surface area contributed by atoms with Crippen LogP contribution in [-0.4, -0.2) is 22.6 Å². The number of fused-ring (bicyclic) bond motifs is 1. The number of alkyl halides is 3. The fourth-order valence-corrected chi connectivity index (χ4v) is 5.01. The lowest BCUT2D eigenvalue weighted by Crippen LogP contribution is -2.16. The monoisotopic (exact) mass is 533 g/mol. The van der Waals surface area contributed by atoms with Gasteiger partial charge in [0.25, 0.3) is 10.0 Å². The molecule has 0 atom stereocenters. The van der Waals surface area contributed by atoms with Crippen LogP contribution in [0.3, 0.4) is 0 Å². The maximum absolute atomic E-state index is 13.9. The van der Waals surface area contributed by atoms with Crippen LogP contribution in [0.25, 0.3) is 33.4 Å². The second-order valence-corrected chi connectivity index (χ2v) is 9.68. The first-order chi connectivity index (χ1) is 17.4. The van der Waals surface area contributed by atoms with Gasteiger partial charge >= 0.3 is 6.18 Å². The van der Waals surface area contributed by atoms with Gasteiger partial charge in [-0.05, 0) is 77.9 Å². The van der Waals surface area contributed by atoms with Crippen LogP contribution < -0.4 is 0 Å². The lowest BCUT2D eigenvalue weighted by Gasteiger charge is -2.12. The summed E-state index contributed by atoms with van der Waals surface area (Å²) in [7, 11) is -4.67. The van der Waals surface area contributed by atoms with E-state index in [1.807, 2.05) is 0 Å². The molecule has 0 saturated heterocycles. The zero-order valence-electron chi connectivity index (χ0n) is 18.3. The van der Waals surface area contributed by atoms with Crippen molar-refractivity contribution in [2.24, 2.45) is 0 Å². The number of aromatic nitrogens is 3. The Morgan fingerprint density at radius 3 is 1.70 bits per heavy atom. The third kappa shape index (κ3) is 4.44. The van der Waals surface area contributed by atoms with Crippen molar-refractivity contribution in [3.05, 3.63) is 102 Å². The van der Waals surface area contributed by atoms with Gasteiger partial charge in [-0.2, -0.15) is 26.7 Å². The van der Waals surface area contributed by atoms with E-state index in [0.717, 1.165) is 48.5 Å². The first-order valence-electron chi connectivity index (χ1n) is 10.5. The summed E-state index contributed by atoms with van der Waals surface area (Å²) in [4.78, 5) is 3.14. The number of hydrogen-bond donors (Lipinski definition) is 0. The van der Waals surface area contributed by atoms with Crippen LogP contribution in [0, 0.1) is 17.5 Å². The number of rotatable bonds is 4. The Kier molecular flexibility index (Phi) is 5.78. The molecule has 0 unspecified atom stereocenters. The van der Waals surface area contributed by atoms with Crippen LogP contribution in [0.2, 0.25) is 0 Å². The van der Waals surface area contributed by atoms with E-state index in [0.29, 0.717) is 10.2 Å². The van der Waals surface area contributed by atoms with Crippen molar-refractivity contribution in [2.75, 3.05) is 0 Å². The minimum Gasteiger partial charge on any atom is -0.223 e. The highest BCUT2D eigenvalue weighted by Crippen LogP contribution is 2.40. The molecule has 0 saturated carbocycles. The smallest absolute Gasteiger partial charge is 0.223 e. The number of halogens is 6. The first kappa shape index (κ1) is 24.5. The lowest BCUT2D eigenvalue weighted by atomic mass is 9.98. The first-order valence-corrected chi connectivity index (χ1v) is 11.9. The van der Waals surface area contributed by atoms with Crippen molar-refractivity contribution in [3.8, 4) is 22.4 Å². The summed E-state index contributed by atoms with van der Waals surface area (Å²) in [5.41, 5.74) is -2.01. The second kappa shape index (κ2) is 8.73. The number of benzene rings is 3. The lowest BCUT2D eigenvalue weighted by molar-refractivity contribution is -0.140. The predicted octanol–water partition coefficient (Wildman–Crippen LogP) is 6.44. The van der Waals surface area contributed by atoms with E-state index in [-0.39, 0.29) is 27.8 Å². The molecule has 0 aliphatic heterocycles. The maximum atomic E-state index is 13.9. The highest BCUT2D eigenvalue weighted by molar-refractivity contribution is 7.90. The zero-order chi connectivity index (χ0) is 26.5. The molecule has 12 heteroatoms. The summed E-state index contributed by atoms with van der Waals surface area (Å²) in [6.07, 6.45) is -4.98. The van der Waals surface area contributed by atoms with Gasteiger partial charge in [0.15, 0.2) is 5.65 Å². The molecule has 0 fully saturated rings. The van der Waals surface area contributed by atoms with Gasteiger partial charge in [0.1, 0.15) is 28.8 Å². The van der Waals surface area contributed by atoms with Crippen LogP contribution in [-0.2, 0) is 16.2 Å². The van der Waals surface area contributed by atoms with E-state index in [1.165, 1.54) is 24.3 Å². The van der Waals surface area contributed by atoms with E-state index in [2.05, 4.69) is 10.1 Å². The molecule has 5 nitrogen and oxygen atoms in total. The van der Waals surface area contributed by atoms with Gasteiger partial charge in [0, 0.05) is 5.56 Å². The molecule has 2 aromatic heterocycles. The molecule has 0 aliphatic carbocycles. The Bertz CT molecular complexity index is 1730. The van der Waals surface area contributed by atoms with E-state index in [9.17, 15) is 34.8 Å². The maximum Gasteiger partial charge on any atom is 0.433 e. The molecule has 188 valence electrons. The third-order valence-electron chi connectivity index (χ3n) is 5.51. The van der Waals surface area contributed by atoms with Crippen molar-refractivity contribution < 1.29 is 34.8 Å². The topological polar surface area (TPSA) is 64.8 Å². The molecule has 5 aromatic rings. The molecule has 0 N–H and O–H groups in total. The molecular formula is C25H13F6N3O2S. The van der Waals surface area contributed by atoms with Gasteiger partial charge in [-0.1, -0.05) is 12.1 Å². The van der Waals surface area contributed by atoms with Crippen molar-refractivity contribution >= 4 is 21.1 Å². The van der Waals surface area contributed by atoms with Crippen LogP contribution in [0.4, 0.5) is 26.3 Å². The molecule has 2 heterocycles. The molecule has 3 aromatic carbocycles. The van der Waals surface area contributed by atoms with Crippen LogP contribution in [0.15, 0.2) is 83.8 Å². The average molecular weight is 533 g/mol. The van der Waals surface area contributed by atoms with E-state index in [1.54, 1.807) is 0 Å². The van der Waals surface area contributed by atoms with E-state index >= 15 is 0 Å². The second-order valence-electron chi connectivity index (χ2n) is 7.92. The molecule has 5 rings (SSSR count). The fraction of sp³-hybridized carbons (Fsp3) is 0.0400. The summed E-state index contributed by atoms with van der Waals surface area (Å²) in [6.45, 7) is 0. The Morgan fingerprint density at radius 2 is 1.19 bits per heavy atom. The van der Waals surface area contributed by atoms with Crippen LogP contribution in [0.5, 0.6) is 0 Å². The third-order valence-corrected chi connectivity index (χ3v) is 7.09. The largest absolute Gasteiger partial charge is 0.433 e. The summed E-state index contributed by atoms with van der Waals surface area (Å²) >= 11 is 0. The van der Waals surface area contributed by atoms with Gasteiger partial charge in [0.2, 0.25) is 0 Å². The van der Waals surface area contributed by atoms with Gasteiger partial charge in [0.05, 0.1) is 10.3 Å². The van der Waals surface area contributed by atoms with Crippen molar-refractivity contribution in [1.82, 2.24) is 14.2 Å². The zero-order valence-corrected chi connectivity index (χ0v) is 19.2. The summed E-state index contributed by atoms with van der Waals surface area (Å²) in [5.74, 6) is -1.98. The molecule has 0 aliphatic rings. The molecule has 0 bridgehead atoms. The van der Waals surface area contributed by atoms with Crippen molar-refractivity contribution in [3.63, 3.8) is 0 Å². The van der Waals surface area contributed by atoms with Crippen LogP contribution in [0.1, 0.15) is 5.69 Å². The summed E-state index contributed by atoms with van der Waals surface area (Å²) in [6, 6.07) is 13.5. The minimum atomic E-state index is -4.98. The van der Waals surface area contributed by atoms with Gasteiger partial charge in [-0.15, -0.1) is 4.09 Å². The van der Waals surface area contributed by atoms with Gasteiger partial charge < -0.3 is 0 Å². The quantitative estimate of drug-likeness (QED) is 0.250. The predicted molar refractivity (Wildman–Crippen MR) is 122 cm³/mol. The number of nitrogens with zero attached hydrogens (tertiary/aromatic N) is 3. The van der Waals surface area contributed by atoms with Gasteiger partial charge in [-0.25, -0.2) is 18.2 Å². The molecule has 0 radical (unpaired) electrons. The molecule has 0 spiro atoms. The normalized spacial score (nSPS) is 12.3. The Labute approximate surface area is 205 Å². The molecule has 37 heavy (non-hydrogen) atoms. The summed E-state index contributed by atoms with van der Waals surface area (Å²) in [5, 5.41) is 4.00. The van der Waals surface area contributed by atoms with Crippen molar-refractivity contribution in [1.29, 1.82) is 0 Å². The standard InChI is InChI=1S/C25H13F6N3O2S/c26-16-5-1-14(2-6-16)20-13-21(25(29,30)31)32-24-22(20)23(15-3-7-17(27)8-4-15)33-34(24)37(35,36)19-11-9-18(28)10-12-19/h1-13H. The summed E-state index contributed by atoms with van der Waals surface area (Å²) < 4.78 is 109. The molecule has 0 amide bonds.